The number of carboxylic acid groups (broad SMARTS) is 1. The predicted octanol–water partition coefficient (Wildman–Crippen LogP) is 6.17. The molecule has 1 aliphatic heterocycles. The zero-order valence-electron chi connectivity index (χ0n) is 19.9. The van der Waals surface area contributed by atoms with E-state index in [-0.39, 0.29) is 44.8 Å². The first-order valence-electron chi connectivity index (χ1n) is 11.7. The number of halogens is 5. The molecular formula is C26H21Cl2F3N2O5. The maximum absolute atomic E-state index is 13.5. The van der Waals surface area contributed by atoms with E-state index in [1.165, 1.54) is 41.1 Å². The summed E-state index contributed by atoms with van der Waals surface area (Å²) in [6.07, 6.45) is -1.86. The van der Waals surface area contributed by atoms with Crippen molar-refractivity contribution in [2.75, 3.05) is 13.1 Å². The topological polar surface area (TPSA) is 88.8 Å². The summed E-state index contributed by atoms with van der Waals surface area (Å²) in [6.45, 7) is 2.50. The zero-order chi connectivity index (χ0) is 27.6. The molecule has 1 saturated carbocycles. The van der Waals surface area contributed by atoms with Gasteiger partial charge in [-0.15, -0.1) is 13.2 Å². The summed E-state index contributed by atoms with van der Waals surface area (Å²) in [5.41, 5.74) is 0.631. The van der Waals surface area contributed by atoms with Crippen LogP contribution in [0, 0.1) is 18.3 Å². The minimum atomic E-state index is -4.86. The van der Waals surface area contributed by atoms with Crippen molar-refractivity contribution < 1.29 is 37.4 Å². The average Bonchev–Trinajstić information content (AvgIpc) is 3.17. The molecule has 12 heteroatoms. The summed E-state index contributed by atoms with van der Waals surface area (Å²) in [7, 11) is 0. The third kappa shape index (κ3) is 4.71. The monoisotopic (exact) mass is 568 g/mol. The lowest BCUT2D eigenvalue weighted by Gasteiger charge is -2.59. The second kappa shape index (κ2) is 9.20. The largest absolute Gasteiger partial charge is 0.573 e. The van der Waals surface area contributed by atoms with Gasteiger partial charge >= 0.3 is 12.3 Å². The molecule has 7 nitrogen and oxygen atoms in total. The fourth-order valence-corrected chi connectivity index (χ4v) is 6.36. The van der Waals surface area contributed by atoms with Crippen molar-refractivity contribution in [2.45, 2.75) is 32.5 Å². The Balaban J connectivity index is 1.39. The molecule has 1 aromatic heterocycles. The van der Waals surface area contributed by atoms with E-state index in [0.29, 0.717) is 29.6 Å². The van der Waals surface area contributed by atoms with Crippen LogP contribution in [0.2, 0.25) is 10.0 Å². The van der Waals surface area contributed by atoms with Crippen LogP contribution in [0.5, 0.6) is 5.75 Å². The molecule has 0 bridgehead atoms. The SMILES string of the molecule is Cc1cc(OC(F)(F)F)cc2ccn(C(=O)c3c(Cl)ccc(C(=O)N4CC5(CC(CC(=O)O)C5)C4)c3Cl)c12. The van der Waals surface area contributed by atoms with Crippen molar-refractivity contribution in [3.05, 3.63) is 63.3 Å². The van der Waals surface area contributed by atoms with E-state index in [1.807, 2.05) is 0 Å². The van der Waals surface area contributed by atoms with Crippen LogP contribution in [0.15, 0.2) is 36.5 Å². The number of benzene rings is 2. The number of aliphatic carboxylic acids is 1. The number of aryl methyl sites for hydroxylation is 1. The van der Waals surface area contributed by atoms with E-state index < -0.39 is 24.0 Å². The van der Waals surface area contributed by atoms with Gasteiger partial charge in [-0.25, -0.2) is 0 Å². The van der Waals surface area contributed by atoms with Crippen LogP contribution in [-0.2, 0) is 4.79 Å². The summed E-state index contributed by atoms with van der Waals surface area (Å²) in [5, 5.41) is 9.18. The highest BCUT2D eigenvalue weighted by atomic mass is 35.5. The first-order valence-corrected chi connectivity index (χ1v) is 12.4. The lowest BCUT2D eigenvalue weighted by molar-refractivity contribution is -0.274. The first kappa shape index (κ1) is 26.4. The molecule has 2 fully saturated rings. The van der Waals surface area contributed by atoms with Crippen molar-refractivity contribution in [3.63, 3.8) is 0 Å². The van der Waals surface area contributed by atoms with Gasteiger partial charge in [0, 0.05) is 36.5 Å². The van der Waals surface area contributed by atoms with E-state index in [9.17, 15) is 27.6 Å². The summed E-state index contributed by atoms with van der Waals surface area (Å²) in [4.78, 5) is 39.3. The van der Waals surface area contributed by atoms with E-state index in [1.54, 1.807) is 11.8 Å². The van der Waals surface area contributed by atoms with Gasteiger partial charge in [0.25, 0.3) is 11.8 Å². The van der Waals surface area contributed by atoms with Crippen molar-refractivity contribution in [1.29, 1.82) is 0 Å². The molecule has 38 heavy (non-hydrogen) atoms. The Labute approximate surface area is 224 Å². The third-order valence-electron chi connectivity index (χ3n) is 7.18. The van der Waals surface area contributed by atoms with E-state index >= 15 is 0 Å². The third-order valence-corrected chi connectivity index (χ3v) is 7.89. The van der Waals surface area contributed by atoms with E-state index in [4.69, 9.17) is 28.3 Å². The molecule has 3 aromatic rings. The Morgan fingerprint density at radius 1 is 1.11 bits per heavy atom. The maximum Gasteiger partial charge on any atom is 0.573 e. The first-order chi connectivity index (χ1) is 17.8. The van der Waals surface area contributed by atoms with Crippen LogP contribution in [0.25, 0.3) is 10.9 Å². The maximum atomic E-state index is 13.5. The molecule has 5 rings (SSSR count). The number of carboxylic acids is 1. The highest BCUT2D eigenvalue weighted by Gasteiger charge is 2.54. The minimum absolute atomic E-state index is 0.0173. The summed E-state index contributed by atoms with van der Waals surface area (Å²) in [5.74, 6) is -2.14. The van der Waals surface area contributed by atoms with Crippen LogP contribution in [-0.4, -0.2) is 51.8 Å². The van der Waals surface area contributed by atoms with Gasteiger partial charge in [0.2, 0.25) is 0 Å². The van der Waals surface area contributed by atoms with Crippen LogP contribution >= 0.6 is 23.2 Å². The molecule has 2 aliphatic rings. The Kier molecular flexibility index (Phi) is 6.38. The number of alkyl halides is 3. The fourth-order valence-electron chi connectivity index (χ4n) is 5.75. The Bertz CT molecular complexity index is 1490. The summed E-state index contributed by atoms with van der Waals surface area (Å²) >= 11 is 12.9. The van der Waals surface area contributed by atoms with Crippen molar-refractivity contribution in [2.24, 2.45) is 11.3 Å². The number of carbonyl (C=O) groups excluding carboxylic acids is 2. The zero-order valence-corrected chi connectivity index (χ0v) is 21.5. The van der Waals surface area contributed by atoms with Gasteiger partial charge in [0.05, 0.1) is 26.7 Å². The molecule has 200 valence electrons. The molecule has 1 spiro atoms. The number of amides is 1. The molecule has 1 saturated heterocycles. The highest BCUT2D eigenvalue weighted by molar-refractivity contribution is 6.41. The summed E-state index contributed by atoms with van der Waals surface area (Å²) < 4.78 is 43.2. The van der Waals surface area contributed by atoms with Crippen molar-refractivity contribution in [1.82, 2.24) is 9.47 Å². The number of carbonyl (C=O) groups is 3. The number of nitrogens with zero attached hydrogens (tertiary/aromatic N) is 2. The van der Waals surface area contributed by atoms with Gasteiger partial charge in [-0.05, 0) is 61.6 Å². The molecule has 1 N–H and O–H groups in total. The molecule has 0 unspecified atom stereocenters. The average molecular weight is 569 g/mol. The van der Waals surface area contributed by atoms with Gasteiger partial charge in [0.1, 0.15) is 5.75 Å². The lowest BCUT2D eigenvalue weighted by Crippen LogP contribution is -2.63. The summed E-state index contributed by atoms with van der Waals surface area (Å²) in [6, 6.07) is 6.66. The van der Waals surface area contributed by atoms with Gasteiger partial charge < -0.3 is 14.7 Å². The molecule has 1 aliphatic carbocycles. The van der Waals surface area contributed by atoms with Crippen molar-refractivity contribution >= 4 is 51.9 Å². The Morgan fingerprint density at radius 2 is 1.79 bits per heavy atom. The van der Waals surface area contributed by atoms with Gasteiger partial charge in [0.15, 0.2) is 0 Å². The normalized spacial score (nSPS) is 16.8. The van der Waals surface area contributed by atoms with Crippen molar-refractivity contribution in [3.8, 4) is 5.75 Å². The molecule has 2 aromatic carbocycles. The Morgan fingerprint density at radius 3 is 2.42 bits per heavy atom. The quantitative estimate of drug-likeness (QED) is 0.397. The fraction of sp³-hybridized carbons (Fsp3) is 0.346. The molecule has 2 heterocycles. The van der Waals surface area contributed by atoms with Gasteiger partial charge in [-0.2, -0.15) is 0 Å². The van der Waals surface area contributed by atoms with Crippen LogP contribution in [0.1, 0.15) is 45.5 Å². The van der Waals surface area contributed by atoms with Crippen LogP contribution in [0.4, 0.5) is 13.2 Å². The van der Waals surface area contributed by atoms with E-state index in [0.717, 1.165) is 12.8 Å². The number of rotatable bonds is 5. The standard InChI is InChI=1S/C26H21Cl2F3N2O5/c1-13-6-16(38-26(29,30)31)8-15-4-5-33(22(13)15)24(37)20-18(27)3-2-17(21(20)28)23(36)32-11-25(12-32)9-14(10-25)7-19(34)35/h2-6,8,14H,7,9-12H2,1H3,(H,34,35). The molecule has 1 amide bonds. The Hall–Kier alpha value is -3.24. The highest BCUT2D eigenvalue weighted by Crippen LogP contribution is 2.53. The lowest BCUT2D eigenvalue weighted by atomic mass is 9.57. The molecule has 0 atom stereocenters. The second-order valence-corrected chi connectivity index (χ2v) is 10.8. The molecule has 0 radical (unpaired) electrons. The predicted molar refractivity (Wildman–Crippen MR) is 133 cm³/mol. The number of hydrogen-bond acceptors (Lipinski definition) is 4. The second-order valence-electron chi connectivity index (χ2n) is 10.0. The number of ether oxygens (including phenoxy) is 1. The smallest absolute Gasteiger partial charge is 0.481 e. The van der Waals surface area contributed by atoms with Crippen LogP contribution < -0.4 is 4.74 Å². The van der Waals surface area contributed by atoms with Gasteiger partial charge in [-0.1, -0.05) is 23.2 Å². The number of hydrogen-bond donors (Lipinski definition) is 1. The minimum Gasteiger partial charge on any atom is -0.481 e. The number of aromatic nitrogens is 1. The van der Waals surface area contributed by atoms with Crippen LogP contribution in [0.3, 0.4) is 0 Å². The number of fused-ring (bicyclic) bond motifs is 1. The number of likely N-dealkylation sites (tertiary alicyclic amines) is 1. The molecular weight excluding hydrogens is 548 g/mol. The van der Waals surface area contributed by atoms with E-state index in [2.05, 4.69) is 4.74 Å². The van der Waals surface area contributed by atoms with Gasteiger partial charge in [-0.3, -0.25) is 19.0 Å².